The molecular weight excluding hydrogens is 302 g/mol. The number of aromatic nitrogens is 2. The average molecular weight is 320 g/mol. The van der Waals surface area contributed by atoms with E-state index in [1.807, 2.05) is 36.1 Å². The molecule has 0 saturated carbocycles. The zero-order valence-electron chi connectivity index (χ0n) is 12.4. The van der Waals surface area contributed by atoms with Crippen LogP contribution in [0.3, 0.4) is 0 Å². The first-order chi connectivity index (χ1) is 10.6. The van der Waals surface area contributed by atoms with Gasteiger partial charge < -0.3 is 9.64 Å². The lowest BCUT2D eigenvalue weighted by molar-refractivity contribution is -0.129. The summed E-state index contributed by atoms with van der Waals surface area (Å²) in [5, 5.41) is 7.61. The number of carbonyl (C=O) groups is 1. The van der Waals surface area contributed by atoms with Crippen molar-refractivity contribution >= 4 is 17.5 Å². The topological polar surface area (TPSA) is 58.2 Å². The molecule has 0 bridgehead atoms. The molecule has 6 heteroatoms. The van der Waals surface area contributed by atoms with Crippen LogP contribution in [0.4, 0.5) is 0 Å². The van der Waals surface area contributed by atoms with Gasteiger partial charge in [-0.05, 0) is 31.2 Å². The number of hydrogen-bond acceptors (Lipinski definition) is 3. The summed E-state index contributed by atoms with van der Waals surface area (Å²) in [4.78, 5) is 14.1. The molecule has 0 unspecified atom stereocenters. The van der Waals surface area contributed by atoms with E-state index in [2.05, 4.69) is 10.2 Å². The molecule has 0 spiro atoms. The third-order valence-electron chi connectivity index (χ3n) is 3.69. The molecule has 116 valence electrons. The van der Waals surface area contributed by atoms with Crippen molar-refractivity contribution in [2.75, 3.05) is 13.1 Å². The number of ether oxygens (including phenoxy) is 1. The number of aromatic amines is 1. The van der Waals surface area contributed by atoms with Crippen LogP contribution >= 0.6 is 11.6 Å². The van der Waals surface area contributed by atoms with Gasteiger partial charge in [0.05, 0.1) is 18.7 Å². The van der Waals surface area contributed by atoms with Gasteiger partial charge in [-0.1, -0.05) is 17.7 Å². The summed E-state index contributed by atoms with van der Waals surface area (Å²) in [5.41, 5.74) is 1.74. The molecule has 2 heterocycles. The largest absolute Gasteiger partial charge is 0.488 e. The van der Waals surface area contributed by atoms with Crippen molar-refractivity contribution in [3.63, 3.8) is 0 Å². The van der Waals surface area contributed by atoms with E-state index in [1.54, 1.807) is 6.07 Å². The van der Waals surface area contributed by atoms with E-state index in [9.17, 15) is 4.79 Å². The van der Waals surface area contributed by atoms with Gasteiger partial charge in [-0.3, -0.25) is 9.89 Å². The average Bonchev–Trinajstić information content (AvgIpc) is 3.08. The highest BCUT2D eigenvalue weighted by atomic mass is 35.5. The molecule has 1 N–H and O–H groups in total. The minimum absolute atomic E-state index is 0.0170. The number of benzene rings is 1. The Bertz CT molecular complexity index is 671. The predicted octanol–water partition coefficient (Wildman–Crippen LogP) is 2.59. The Morgan fingerprint density at radius 1 is 1.50 bits per heavy atom. The summed E-state index contributed by atoms with van der Waals surface area (Å²) in [6.07, 6.45) is 1.18. The van der Waals surface area contributed by atoms with Crippen molar-refractivity contribution in [3.8, 4) is 5.75 Å². The maximum absolute atomic E-state index is 12.3. The quantitative estimate of drug-likeness (QED) is 0.942. The molecule has 1 aliphatic heterocycles. The first-order valence-corrected chi connectivity index (χ1v) is 7.69. The van der Waals surface area contributed by atoms with Gasteiger partial charge in [0.25, 0.3) is 0 Å². The highest BCUT2D eigenvalue weighted by Crippen LogP contribution is 2.22. The monoisotopic (exact) mass is 319 g/mol. The highest BCUT2D eigenvalue weighted by Gasteiger charge is 2.27. The Balaban J connectivity index is 1.54. The second kappa shape index (κ2) is 6.40. The molecule has 0 radical (unpaired) electrons. The lowest BCUT2D eigenvalue weighted by Crippen LogP contribution is -2.32. The number of H-pyrrole nitrogens is 1. The summed E-state index contributed by atoms with van der Waals surface area (Å²) in [5.74, 6) is 0.832. The Labute approximate surface area is 134 Å². The normalized spacial score (nSPS) is 17.7. The van der Waals surface area contributed by atoms with E-state index in [1.165, 1.54) is 0 Å². The van der Waals surface area contributed by atoms with Crippen molar-refractivity contribution in [3.05, 3.63) is 46.7 Å². The van der Waals surface area contributed by atoms with Crippen LogP contribution in [0.2, 0.25) is 5.02 Å². The van der Waals surface area contributed by atoms with Gasteiger partial charge in [0.15, 0.2) is 0 Å². The number of aryl methyl sites for hydroxylation is 1. The van der Waals surface area contributed by atoms with Gasteiger partial charge >= 0.3 is 0 Å². The van der Waals surface area contributed by atoms with Crippen LogP contribution in [0.25, 0.3) is 0 Å². The minimum atomic E-state index is 0.0170. The van der Waals surface area contributed by atoms with E-state index in [0.29, 0.717) is 24.5 Å². The smallest absolute Gasteiger partial charge is 0.228 e. The summed E-state index contributed by atoms with van der Waals surface area (Å²) in [7, 11) is 0. The SMILES string of the molecule is Cc1cc(CC(=O)N2CC[C@H](Oc3cccc(Cl)c3)C2)n[nH]1. The Hall–Kier alpha value is -2.01. The van der Waals surface area contributed by atoms with Crippen LogP contribution in [0.1, 0.15) is 17.8 Å². The van der Waals surface area contributed by atoms with Gasteiger partial charge in [0.1, 0.15) is 11.9 Å². The lowest BCUT2D eigenvalue weighted by Gasteiger charge is -2.17. The summed E-state index contributed by atoms with van der Waals surface area (Å²) in [6, 6.07) is 9.23. The number of likely N-dealkylation sites (tertiary alicyclic amines) is 1. The standard InChI is InChI=1S/C16H18ClN3O2/c1-11-7-13(19-18-11)9-16(21)20-6-5-15(10-20)22-14-4-2-3-12(17)8-14/h2-4,7-8,15H,5-6,9-10H2,1H3,(H,18,19)/t15-/m0/s1. The van der Waals surface area contributed by atoms with Gasteiger partial charge in [-0.25, -0.2) is 0 Å². The number of carbonyl (C=O) groups excluding carboxylic acids is 1. The molecule has 0 aliphatic carbocycles. The van der Waals surface area contributed by atoms with Gasteiger partial charge in [-0.15, -0.1) is 0 Å². The maximum Gasteiger partial charge on any atom is 0.228 e. The minimum Gasteiger partial charge on any atom is -0.488 e. The number of nitrogens with zero attached hydrogens (tertiary/aromatic N) is 2. The number of hydrogen-bond donors (Lipinski definition) is 1. The number of rotatable bonds is 4. The van der Waals surface area contributed by atoms with E-state index in [-0.39, 0.29) is 12.0 Å². The van der Waals surface area contributed by atoms with E-state index >= 15 is 0 Å². The molecular formula is C16H18ClN3O2. The molecule has 2 aromatic rings. The van der Waals surface area contributed by atoms with Crippen molar-refractivity contribution in [2.45, 2.75) is 25.9 Å². The molecule has 1 aromatic carbocycles. The molecule has 5 nitrogen and oxygen atoms in total. The van der Waals surface area contributed by atoms with Gasteiger partial charge in [0, 0.05) is 23.7 Å². The highest BCUT2D eigenvalue weighted by molar-refractivity contribution is 6.30. The second-order valence-corrected chi connectivity index (χ2v) is 5.98. The Kier molecular flexibility index (Phi) is 4.34. The summed E-state index contributed by atoms with van der Waals surface area (Å²) < 4.78 is 5.89. The first kappa shape index (κ1) is 14.9. The maximum atomic E-state index is 12.3. The number of nitrogens with one attached hydrogen (secondary N) is 1. The zero-order chi connectivity index (χ0) is 15.5. The van der Waals surface area contributed by atoms with Crippen molar-refractivity contribution in [1.82, 2.24) is 15.1 Å². The third kappa shape index (κ3) is 3.60. The summed E-state index contributed by atoms with van der Waals surface area (Å²) >= 11 is 5.95. The molecule has 1 aromatic heterocycles. The molecule has 1 saturated heterocycles. The molecule has 1 aliphatic rings. The second-order valence-electron chi connectivity index (χ2n) is 5.54. The first-order valence-electron chi connectivity index (χ1n) is 7.31. The zero-order valence-corrected chi connectivity index (χ0v) is 13.1. The molecule has 22 heavy (non-hydrogen) atoms. The van der Waals surface area contributed by atoms with Crippen LogP contribution in [-0.4, -0.2) is 40.2 Å². The van der Waals surface area contributed by atoms with Crippen LogP contribution in [0.15, 0.2) is 30.3 Å². The summed E-state index contributed by atoms with van der Waals surface area (Å²) in [6.45, 7) is 3.24. The van der Waals surface area contributed by atoms with E-state index in [4.69, 9.17) is 16.3 Å². The predicted molar refractivity (Wildman–Crippen MR) is 84.1 cm³/mol. The fourth-order valence-corrected chi connectivity index (χ4v) is 2.80. The number of amides is 1. The van der Waals surface area contributed by atoms with Crippen molar-refractivity contribution in [2.24, 2.45) is 0 Å². The molecule has 1 atom stereocenters. The van der Waals surface area contributed by atoms with Crippen LogP contribution in [0.5, 0.6) is 5.75 Å². The van der Waals surface area contributed by atoms with Crippen molar-refractivity contribution < 1.29 is 9.53 Å². The molecule has 1 amide bonds. The van der Waals surface area contributed by atoms with Gasteiger partial charge in [-0.2, -0.15) is 5.10 Å². The van der Waals surface area contributed by atoms with Crippen molar-refractivity contribution in [1.29, 1.82) is 0 Å². The third-order valence-corrected chi connectivity index (χ3v) is 3.92. The fourth-order valence-electron chi connectivity index (χ4n) is 2.62. The van der Waals surface area contributed by atoms with E-state index < -0.39 is 0 Å². The Morgan fingerprint density at radius 2 is 2.36 bits per heavy atom. The Morgan fingerprint density at radius 3 is 3.09 bits per heavy atom. The number of halogens is 1. The van der Waals surface area contributed by atoms with Gasteiger partial charge in [0.2, 0.25) is 5.91 Å². The van der Waals surface area contributed by atoms with Crippen LogP contribution in [-0.2, 0) is 11.2 Å². The fraction of sp³-hybridized carbons (Fsp3) is 0.375. The van der Waals surface area contributed by atoms with Crippen LogP contribution in [0, 0.1) is 6.92 Å². The van der Waals surface area contributed by atoms with E-state index in [0.717, 1.165) is 23.6 Å². The van der Waals surface area contributed by atoms with Crippen LogP contribution < -0.4 is 4.74 Å². The lowest BCUT2D eigenvalue weighted by atomic mass is 10.2. The molecule has 1 fully saturated rings. The molecule has 3 rings (SSSR count).